The summed E-state index contributed by atoms with van der Waals surface area (Å²) in [5.41, 5.74) is 4.45. The van der Waals surface area contributed by atoms with Crippen molar-refractivity contribution < 1.29 is 8.42 Å². The first-order valence-corrected chi connectivity index (χ1v) is 11.5. The van der Waals surface area contributed by atoms with Crippen LogP contribution in [0.25, 0.3) is 11.3 Å². The Kier molecular flexibility index (Phi) is 4.79. The molecular weight excluding hydrogens is 404 g/mol. The Balaban J connectivity index is 1.60. The second-order valence-corrected chi connectivity index (χ2v) is 9.47. The van der Waals surface area contributed by atoms with Gasteiger partial charge < -0.3 is 5.32 Å². The van der Waals surface area contributed by atoms with Crippen molar-refractivity contribution in [3.8, 4) is 11.3 Å². The number of sulfonamides is 1. The molecule has 2 aromatic heterocycles. The van der Waals surface area contributed by atoms with Gasteiger partial charge in [-0.1, -0.05) is 17.7 Å². The van der Waals surface area contributed by atoms with E-state index in [2.05, 4.69) is 15.3 Å². The first kappa shape index (κ1) is 18.2. The maximum Gasteiger partial charge on any atom is 0.232 e. The van der Waals surface area contributed by atoms with Crippen molar-refractivity contribution in [3.05, 3.63) is 52.6 Å². The number of hydrogen-bond donors (Lipinski definition) is 1. The van der Waals surface area contributed by atoms with Crippen LogP contribution in [0.4, 0.5) is 16.5 Å². The van der Waals surface area contributed by atoms with Crippen LogP contribution in [0.1, 0.15) is 12.0 Å². The van der Waals surface area contributed by atoms with Gasteiger partial charge in [0.2, 0.25) is 10.0 Å². The van der Waals surface area contributed by atoms with Crippen LogP contribution < -0.4 is 9.62 Å². The van der Waals surface area contributed by atoms with Gasteiger partial charge in [-0.25, -0.2) is 18.4 Å². The van der Waals surface area contributed by atoms with Gasteiger partial charge in [0.05, 0.1) is 29.5 Å². The van der Waals surface area contributed by atoms with E-state index in [1.165, 1.54) is 21.9 Å². The number of anilines is 3. The lowest BCUT2D eigenvalue weighted by molar-refractivity contribution is 0.592. The fourth-order valence-electron chi connectivity index (χ4n) is 3.10. The van der Waals surface area contributed by atoms with Crippen molar-refractivity contribution in [2.45, 2.75) is 12.8 Å². The molecule has 0 radical (unpaired) electrons. The van der Waals surface area contributed by atoms with Crippen LogP contribution in [0.2, 0.25) is 5.15 Å². The number of halogens is 1. The molecule has 27 heavy (non-hydrogen) atoms. The van der Waals surface area contributed by atoms with Crippen molar-refractivity contribution in [1.82, 2.24) is 9.97 Å². The van der Waals surface area contributed by atoms with E-state index in [1.54, 1.807) is 12.3 Å². The molecule has 0 bridgehead atoms. The van der Waals surface area contributed by atoms with E-state index in [0.717, 1.165) is 46.2 Å². The highest BCUT2D eigenvalue weighted by Crippen LogP contribution is 2.34. The highest BCUT2D eigenvalue weighted by atomic mass is 35.5. The number of aromatic nitrogens is 2. The molecular formula is C18H17ClN4O2S2. The van der Waals surface area contributed by atoms with E-state index >= 15 is 0 Å². The third kappa shape index (κ3) is 3.92. The molecule has 0 atom stereocenters. The molecule has 0 aliphatic carbocycles. The Morgan fingerprint density at radius 3 is 2.85 bits per heavy atom. The monoisotopic (exact) mass is 420 g/mol. The van der Waals surface area contributed by atoms with Gasteiger partial charge in [0, 0.05) is 17.5 Å². The molecule has 1 aliphatic heterocycles. The zero-order valence-corrected chi connectivity index (χ0v) is 16.9. The fourth-order valence-corrected chi connectivity index (χ4v) is 4.95. The molecule has 0 unspecified atom stereocenters. The van der Waals surface area contributed by atoms with Gasteiger partial charge in [0.25, 0.3) is 0 Å². The molecule has 0 amide bonds. The predicted molar refractivity (Wildman–Crippen MR) is 111 cm³/mol. The zero-order valence-electron chi connectivity index (χ0n) is 14.5. The molecule has 140 valence electrons. The van der Waals surface area contributed by atoms with Gasteiger partial charge in [-0.2, -0.15) is 0 Å². The SMILES string of the molecule is CS(=O)(=O)N1CCCc2cc(-c3csc(Nc4ccc(Cl)nc4)n3)ccc21. The molecule has 3 heterocycles. The number of fused-ring (bicyclic) bond motifs is 1. The smallest absolute Gasteiger partial charge is 0.232 e. The average molecular weight is 421 g/mol. The summed E-state index contributed by atoms with van der Waals surface area (Å²) in [6.07, 6.45) is 4.58. The summed E-state index contributed by atoms with van der Waals surface area (Å²) in [6, 6.07) is 9.39. The molecule has 1 aromatic carbocycles. The first-order valence-electron chi connectivity index (χ1n) is 8.35. The summed E-state index contributed by atoms with van der Waals surface area (Å²) in [4.78, 5) is 8.67. The van der Waals surface area contributed by atoms with Crippen LogP contribution in [0.3, 0.4) is 0 Å². The lowest BCUT2D eigenvalue weighted by Crippen LogP contribution is -2.34. The van der Waals surface area contributed by atoms with E-state index < -0.39 is 10.0 Å². The maximum atomic E-state index is 12.0. The molecule has 0 saturated carbocycles. The number of thiazole rings is 1. The number of aryl methyl sites for hydroxylation is 1. The molecule has 6 nitrogen and oxygen atoms in total. The number of nitrogens with zero attached hydrogens (tertiary/aromatic N) is 3. The average Bonchev–Trinajstić information content (AvgIpc) is 3.10. The lowest BCUT2D eigenvalue weighted by atomic mass is 10.00. The summed E-state index contributed by atoms with van der Waals surface area (Å²) in [5, 5.41) is 6.38. The van der Waals surface area contributed by atoms with Gasteiger partial charge in [-0.15, -0.1) is 11.3 Å². The maximum absolute atomic E-state index is 12.0. The quantitative estimate of drug-likeness (QED) is 0.636. The topological polar surface area (TPSA) is 75.2 Å². The standard InChI is InChI=1S/C18H17ClN4O2S2/c1-27(24,25)23-8-2-3-13-9-12(4-6-16(13)23)15-11-26-18(22-15)21-14-5-7-17(19)20-10-14/h4-7,9-11H,2-3,8H2,1H3,(H,21,22). The van der Waals surface area contributed by atoms with Gasteiger partial charge >= 0.3 is 0 Å². The number of rotatable bonds is 4. The second kappa shape index (κ2) is 7.10. The third-order valence-corrected chi connectivity index (χ3v) is 6.50. The van der Waals surface area contributed by atoms with Crippen LogP contribution in [0.15, 0.2) is 41.9 Å². The number of pyridine rings is 1. The Labute approximate surface area is 166 Å². The van der Waals surface area contributed by atoms with Gasteiger partial charge in [-0.3, -0.25) is 4.31 Å². The minimum absolute atomic E-state index is 0.442. The van der Waals surface area contributed by atoms with Crippen molar-refractivity contribution >= 4 is 49.5 Å². The minimum atomic E-state index is -3.26. The second-order valence-electron chi connectivity index (χ2n) is 6.31. The van der Waals surface area contributed by atoms with E-state index in [4.69, 9.17) is 11.6 Å². The molecule has 0 fully saturated rings. The van der Waals surface area contributed by atoms with Crippen LogP contribution in [-0.2, 0) is 16.4 Å². The third-order valence-electron chi connectivity index (χ3n) is 4.33. The van der Waals surface area contributed by atoms with E-state index in [0.29, 0.717) is 11.7 Å². The minimum Gasteiger partial charge on any atom is -0.330 e. The predicted octanol–water partition coefficient (Wildman–Crippen LogP) is 4.31. The van der Waals surface area contributed by atoms with Crippen molar-refractivity contribution in [2.24, 2.45) is 0 Å². The number of benzene rings is 1. The Bertz CT molecular complexity index is 1080. The molecule has 0 spiro atoms. The lowest BCUT2D eigenvalue weighted by Gasteiger charge is -2.29. The van der Waals surface area contributed by atoms with Gasteiger partial charge in [-0.05, 0) is 42.7 Å². The zero-order chi connectivity index (χ0) is 19.0. The van der Waals surface area contributed by atoms with Crippen LogP contribution >= 0.6 is 22.9 Å². The summed E-state index contributed by atoms with van der Waals surface area (Å²) < 4.78 is 25.5. The Morgan fingerprint density at radius 2 is 2.11 bits per heavy atom. The van der Waals surface area contributed by atoms with Crippen LogP contribution in [-0.4, -0.2) is 31.2 Å². The summed E-state index contributed by atoms with van der Waals surface area (Å²) >= 11 is 7.30. The van der Waals surface area contributed by atoms with E-state index in [9.17, 15) is 8.42 Å². The van der Waals surface area contributed by atoms with Crippen molar-refractivity contribution in [2.75, 3.05) is 22.4 Å². The highest BCUT2D eigenvalue weighted by Gasteiger charge is 2.24. The van der Waals surface area contributed by atoms with E-state index in [-0.39, 0.29) is 0 Å². The fraction of sp³-hybridized carbons (Fsp3) is 0.222. The summed E-state index contributed by atoms with van der Waals surface area (Å²) in [5.74, 6) is 0. The Morgan fingerprint density at radius 1 is 1.26 bits per heavy atom. The van der Waals surface area contributed by atoms with Crippen LogP contribution in [0, 0.1) is 0 Å². The van der Waals surface area contributed by atoms with Crippen molar-refractivity contribution in [1.29, 1.82) is 0 Å². The molecule has 9 heteroatoms. The molecule has 3 aromatic rings. The normalized spacial score (nSPS) is 14.1. The highest BCUT2D eigenvalue weighted by molar-refractivity contribution is 7.92. The summed E-state index contributed by atoms with van der Waals surface area (Å²) in [6.45, 7) is 0.533. The molecule has 0 saturated heterocycles. The molecule has 1 aliphatic rings. The first-order chi connectivity index (χ1) is 12.9. The molecule has 4 rings (SSSR count). The molecule has 1 N–H and O–H groups in total. The van der Waals surface area contributed by atoms with Gasteiger partial charge in [0.15, 0.2) is 5.13 Å². The largest absolute Gasteiger partial charge is 0.330 e. The summed E-state index contributed by atoms with van der Waals surface area (Å²) in [7, 11) is -3.26. The number of hydrogen-bond acceptors (Lipinski definition) is 6. The Hall–Kier alpha value is -2.16. The number of nitrogens with one attached hydrogen (secondary N) is 1. The van der Waals surface area contributed by atoms with Crippen molar-refractivity contribution in [3.63, 3.8) is 0 Å². The van der Waals surface area contributed by atoms with Crippen LogP contribution in [0.5, 0.6) is 0 Å². The van der Waals surface area contributed by atoms with E-state index in [1.807, 2.05) is 29.6 Å². The van der Waals surface area contributed by atoms with Gasteiger partial charge in [0.1, 0.15) is 5.15 Å².